The number of hydrogen-bond donors (Lipinski definition) is 1. The van der Waals surface area contributed by atoms with Gasteiger partial charge in [0.1, 0.15) is 5.82 Å². The second kappa shape index (κ2) is 3.87. The van der Waals surface area contributed by atoms with Gasteiger partial charge in [-0.2, -0.15) is 8.78 Å². The van der Waals surface area contributed by atoms with Gasteiger partial charge in [-0.25, -0.2) is 4.39 Å². The van der Waals surface area contributed by atoms with E-state index < -0.39 is 23.9 Å². The Kier molecular flexibility index (Phi) is 3.02. The molecule has 1 N–H and O–H groups in total. The first kappa shape index (κ1) is 10.2. The normalized spacial score (nSPS) is 10.5. The van der Waals surface area contributed by atoms with Crippen molar-refractivity contribution in [1.29, 1.82) is 0 Å². The molecule has 0 bridgehead atoms. The van der Waals surface area contributed by atoms with Crippen molar-refractivity contribution in [2.45, 2.75) is 6.61 Å². The average molecular weight is 257 g/mol. The Hall–Kier alpha value is -0.910. The Morgan fingerprint density at radius 3 is 2.54 bits per heavy atom. The molecule has 0 atom stereocenters. The predicted molar refractivity (Wildman–Crippen MR) is 42.4 cm³/mol. The maximum atomic E-state index is 12.7. The molecule has 13 heavy (non-hydrogen) atoms. The highest BCUT2D eigenvalue weighted by Gasteiger charge is 2.15. The fraction of sp³-hybridized carbons (Fsp3) is 0.143. The molecule has 72 valence electrons. The van der Waals surface area contributed by atoms with Crippen LogP contribution in [-0.4, -0.2) is 11.7 Å². The van der Waals surface area contributed by atoms with Crippen molar-refractivity contribution in [3.8, 4) is 11.5 Å². The molecular weight excluding hydrogens is 253 g/mol. The van der Waals surface area contributed by atoms with Crippen LogP contribution >= 0.6 is 15.9 Å². The van der Waals surface area contributed by atoms with Crippen molar-refractivity contribution in [2.24, 2.45) is 0 Å². The van der Waals surface area contributed by atoms with Crippen LogP contribution in [0.2, 0.25) is 0 Å². The number of hydrogen-bond acceptors (Lipinski definition) is 2. The number of ether oxygens (including phenoxy) is 1. The summed E-state index contributed by atoms with van der Waals surface area (Å²) >= 11 is 2.67. The lowest BCUT2D eigenvalue weighted by atomic mass is 10.3. The number of phenolic OH excluding ortho intramolecular Hbond substituents is 1. The van der Waals surface area contributed by atoms with E-state index in [9.17, 15) is 13.2 Å². The van der Waals surface area contributed by atoms with Gasteiger partial charge in [0.2, 0.25) is 0 Å². The Morgan fingerprint density at radius 1 is 1.38 bits per heavy atom. The van der Waals surface area contributed by atoms with E-state index in [0.717, 1.165) is 12.1 Å². The first-order chi connectivity index (χ1) is 6.02. The average Bonchev–Trinajstić information content (AvgIpc) is 2.05. The highest BCUT2D eigenvalue weighted by molar-refractivity contribution is 9.10. The third-order valence-electron chi connectivity index (χ3n) is 1.24. The monoisotopic (exact) mass is 256 g/mol. The van der Waals surface area contributed by atoms with Crippen molar-refractivity contribution in [3.63, 3.8) is 0 Å². The molecule has 0 aromatic heterocycles. The number of aromatic hydroxyl groups is 1. The van der Waals surface area contributed by atoms with Gasteiger partial charge in [0, 0.05) is 0 Å². The van der Waals surface area contributed by atoms with Crippen molar-refractivity contribution in [3.05, 3.63) is 22.4 Å². The van der Waals surface area contributed by atoms with Crippen molar-refractivity contribution < 1.29 is 23.0 Å². The molecule has 0 aliphatic carbocycles. The molecule has 0 unspecified atom stereocenters. The molecule has 0 fully saturated rings. The molecule has 0 aliphatic heterocycles. The molecule has 0 saturated heterocycles. The largest absolute Gasteiger partial charge is 0.504 e. The molecule has 1 aromatic carbocycles. The minimum Gasteiger partial charge on any atom is -0.504 e. The lowest BCUT2D eigenvalue weighted by Gasteiger charge is -2.08. The van der Waals surface area contributed by atoms with Crippen molar-refractivity contribution in [2.75, 3.05) is 0 Å². The van der Waals surface area contributed by atoms with Gasteiger partial charge in [-0.3, -0.25) is 0 Å². The van der Waals surface area contributed by atoms with Crippen LogP contribution in [0.4, 0.5) is 13.2 Å². The Balaban J connectivity index is 3.10. The lowest BCUT2D eigenvalue weighted by molar-refractivity contribution is -0.0519. The number of benzene rings is 1. The van der Waals surface area contributed by atoms with Gasteiger partial charge in [-0.15, -0.1) is 0 Å². The molecular formula is C7H4BrF3O2. The van der Waals surface area contributed by atoms with Gasteiger partial charge in [-0.05, 0) is 28.1 Å². The van der Waals surface area contributed by atoms with E-state index >= 15 is 0 Å². The summed E-state index contributed by atoms with van der Waals surface area (Å²) in [6, 6.07) is 1.86. The van der Waals surface area contributed by atoms with E-state index in [1.165, 1.54) is 0 Å². The van der Waals surface area contributed by atoms with Crippen molar-refractivity contribution in [1.82, 2.24) is 0 Å². The van der Waals surface area contributed by atoms with Crippen LogP contribution in [0.3, 0.4) is 0 Å². The minimum atomic E-state index is -3.11. The number of halogens is 4. The molecule has 0 aliphatic rings. The number of phenols is 1. The van der Waals surface area contributed by atoms with Gasteiger partial charge in [0.25, 0.3) is 0 Å². The molecule has 0 saturated carbocycles. The Labute approximate surface area is 80.1 Å². The van der Waals surface area contributed by atoms with Gasteiger partial charge in [-0.1, -0.05) is 0 Å². The highest BCUT2D eigenvalue weighted by atomic mass is 79.9. The Morgan fingerprint density at radius 2 is 2.00 bits per heavy atom. The number of alkyl halides is 2. The van der Waals surface area contributed by atoms with Gasteiger partial charge in [0.05, 0.1) is 4.47 Å². The van der Waals surface area contributed by atoms with E-state index in [1.54, 1.807) is 0 Å². The molecule has 0 heterocycles. The van der Waals surface area contributed by atoms with Crippen LogP contribution in [-0.2, 0) is 0 Å². The predicted octanol–water partition coefficient (Wildman–Crippen LogP) is 2.90. The van der Waals surface area contributed by atoms with Gasteiger partial charge in [0.15, 0.2) is 11.5 Å². The summed E-state index contributed by atoms with van der Waals surface area (Å²) < 4.78 is 39.8. The van der Waals surface area contributed by atoms with Crippen LogP contribution in [0.15, 0.2) is 16.6 Å². The fourth-order valence-corrected chi connectivity index (χ4v) is 1.15. The van der Waals surface area contributed by atoms with Crippen LogP contribution in [0.5, 0.6) is 11.5 Å². The SMILES string of the molecule is Oc1ccc(F)c(Br)c1OC(F)F. The summed E-state index contributed by atoms with van der Waals surface area (Å²) in [6.07, 6.45) is 0. The van der Waals surface area contributed by atoms with E-state index in [2.05, 4.69) is 20.7 Å². The highest BCUT2D eigenvalue weighted by Crippen LogP contribution is 2.37. The van der Waals surface area contributed by atoms with Gasteiger partial charge < -0.3 is 9.84 Å². The van der Waals surface area contributed by atoms with Crippen molar-refractivity contribution >= 4 is 15.9 Å². The molecule has 0 spiro atoms. The first-order valence-corrected chi connectivity index (χ1v) is 3.93. The van der Waals surface area contributed by atoms with E-state index in [-0.39, 0.29) is 4.47 Å². The maximum Gasteiger partial charge on any atom is 0.387 e. The van der Waals surface area contributed by atoms with Crippen LogP contribution in [0, 0.1) is 5.82 Å². The zero-order valence-corrected chi connectivity index (χ0v) is 7.69. The summed E-state index contributed by atoms with van der Waals surface area (Å²) in [4.78, 5) is 0. The quantitative estimate of drug-likeness (QED) is 0.882. The topological polar surface area (TPSA) is 29.5 Å². The second-order valence-corrected chi connectivity index (χ2v) is 2.88. The minimum absolute atomic E-state index is 0.326. The molecule has 2 nitrogen and oxygen atoms in total. The molecule has 1 aromatic rings. The third-order valence-corrected chi connectivity index (χ3v) is 1.98. The van der Waals surface area contributed by atoms with Crippen LogP contribution in [0.25, 0.3) is 0 Å². The summed E-state index contributed by atoms with van der Waals surface area (Å²) in [5, 5.41) is 9.01. The summed E-state index contributed by atoms with van der Waals surface area (Å²) in [6.45, 7) is -3.11. The zero-order chi connectivity index (χ0) is 10.0. The molecule has 1 rings (SSSR count). The fourth-order valence-electron chi connectivity index (χ4n) is 0.723. The summed E-state index contributed by atoms with van der Waals surface area (Å²) in [5.74, 6) is -1.93. The third kappa shape index (κ3) is 2.27. The van der Waals surface area contributed by atoms with Gasteiger partial charge >= 0.3 is 6.61 Å². The lowest BCUT2D eigenvalue weighted by Crippen LogP contribution is -2.03. The number of rotatable bonds is 2. The first-order valence-electron chi connectivity index (χ1n) is 3.14. The molecule has 0 amide bonds. The smallest absolute Gasteiger partial charge is 0.387 e. The zero-order valence-electron chi connectivity index (χ0n) is 6.10. The van der Waals surface area contributed by atoms with Crippen LogP contribution in [0.1, 0.15) is 0 Å². The maximum absolute atomic E-state index is 12.7. The van der Waals surface area contributed by atoms with E-state index in [4.69, 9.17) is 5.11 Å². The van der Waals surface area contributed by atoms with E-state index in [0.29, 0.717) is 0 Å². The summed E-state index contributed by atoms with van der Waals surface area (Å²) in [5.41, 5.74) is 0. The molecule has 6 heteroatoms. The second-order valence-electron chi connectivity index (χ2n) is 2.09. The van der Waals surface area contributed by atoms with E-state index in [1.807, 2.05) is 0 Å². The van der Waals surface area contributed by atoms with Crippen LogP contribution < -0.4 is 4.74 Å². The molecule has 0 radical (unpaired) electrons. The summed E-state index contributed by atoms with van der Waals surface area (Å²) in [7, 11) is 0. The Bertz CT molecular complexity index is 317. The standard InChI is InChI=1S/C7H4BrF3O2/c8-5-3(9)1-2-4(12)6(5)13-7(10)11/h1-2,7,12H.